The van der Waals surface area contributed by atoms with Gasteiger partial charge in [0.2, 0.25) is 0 Å². The van der Waals surface area contributed by atoms with Crippen LogP contribution in [0.2, 0.25) is 0 Å². The van der Waals surface area contributed by atoms with Gasteiger partial charge in [-0.25, -0.2) is 4.39 Å². The number of rotatable bonds is 7. The Morgan fingerprint density at radius 3 is 2.45 bits per heavy atom. The molecule has 2 aromatic carbocycles. The summed E-state index contributed by atoms with van der Waals surface area (Å²) in [6.07, 6.45) is 5.10. The Labute approximate surface area is 225 Å². The van der Waals surface area contributed by atoms with Gasteiger partial charge in [-0.05, 0) is 69.6 Å². The fourth-order valence-electron chi connectivity index (χ4n) is 4.90. The third-order valence-electron chi connectivity index (χ3n) is 7.01. The number of carbonyl (C=O) groups excluding carboxylic acids is 2. The maximum absolute atomic E-state index is 14.3. The van der Waals surface area contributed by atoms with Gasteiger partial charge in [0.1, 0.15) is 10.6 Å². The Bertz CT molecular complexity index is 1430. The molecule has 3 heterocycles. The molecule has 1 aliphatic rings. The van der Waals surface area contributed by atoms with Crippen molar-refractivity contribution in [2.75, 3.05) is 18.4 Å². The van der Waals surface area contributed by atoms with E-state index in [2.05, 4.69) is 25.7 Å². The van der Waals surface area contributed by atoms with Crippen LogP contribution in [0.15, 0.2) is 54.6 Å². The Hall–Kier alpha value is -3.56. The van der Waals surface area contributed by atoms with Gasteiger partial charge in [-0.3, -0.25) is 19.6 Å². The van der Waals surface area contributed by atoms with Gasteiger partial charge in [0.05, 0.1) is 15.8 Å². The zero-order chi connectivity index (χ0) is 26.7. The molecule has 1 aliphatic heterocycles. The molecule has 1 fully saturated rings. The predicted molar refractivity (Wildman–Crippen MR) is 149 cm³/mol. The van der Waals surface area contributed by atoms with E-state index in [0.717, 1.165) is 19.6 Å². The van der Waals surface area contributed by atoms with Crippen molar-refractivity contribution in [1.82, 2.24) is 20.4 Å². The third-order valence-corrected chi connectivity index (χ3v) is 8.04. The Kier molecular flexibility index (Phi) is 7.58. The molecule has 2 amide bonds. The largest absolute Gasteiger partial charge is 0.342 e. The molecule has 0 saturated carbocycles. The molecule has 3 N–H and O–H groups in total. The fourth-order valence-corrected chi connectivity index (χ4v) is 5.80. The second kappa shape index (κ2) is 11.0. The van der Waals surface area contributed by atoms with Gasteiger partial charge in [-0.15, -0.1) is 11.3 Å². The topological polar surface area (TPSA) is 90.1 Å². The normalized spacial score (nSPS) is 14.8. The quantitative estimate of drug-likeness (QED) is 0.270. The highest BCUT2D eigenvalue weighted by atomic mass is 32.1. The van der Waals surface area contributed by atoms with Crippen LogP contribution in [0.1, 0.15) is 70.7 Å². The first-order valence-corrected chi connectivity index (χ1v) is 13.8. The number of nitrogens with zero attached hydrogens (tertiary/aromatic N) is 2. The number of aromatic nitrogens is 2. The van der Waals surface area contributed by atoms with Crippen LogP contribution in [-0.2, 0) is 12.1 Å². The number of nitrogens with one attached hydrogen (secondary N) is 3. The van der Waals surface area contributed by atoms with E-state index < -0.39 is 5.54 Å². The molecule has 0 aliphatic carbocycles. The summed E-state index contributed by atoms with van der Waals surface area (Å²) in [5, 5.41) is 13.5. The highest BCUT2D eigenvalue weighted by molar-refractivity contribution is 7.20. The average Bonchev–Trinajstić information content (AvgIpc) is 3.38. The van der Waals surface area contributed by atoms with E-state index in [1.165, 1.54) is 48.6 Å². The van der Waals surface area contributed by atoms with Crippen LogP contribution in [0.25, 0.3) is 10.2 Å². The molecule has 0 spiro atoms. The summed E-state index contributed by atoms with van der Waals surface area (Å²) in [5.74, 6) is -0.606. The number of aromatic amines is 1. The lowest BCUT2D eigenvalue weighted by molar-refractivity contribution is 0.0914. The predicted octanol–water partition coefficient (Wildman–Crippen LogP) is 6.06. The van der Waals surface area contributed by atoms with Crippen LogP contribution in [0.5, 0.6) is 0 Å². The van der Waals surface area contributed by atoms with E-state index >= 15 is 0 Å². The highest BCUT2D eigenvalue weighted by Crippen LogP contribution is 2.31. The summed E-state index contributed by atoms with van der Waals surface area (Å²) in [6.45, 7) is 6.66. The molecule has 198 valence electrons. The van der Waals surface area contributed by atoms with Gasteiger partial charge >= 0.3 is 0 Å². The number of anilines is 1. The summed E-state index contributed by atoms with van der Waals surface area (Å²) in [7, 11) is 0. The van der Waals surface area contributed by atoms with Crippen LogP contribution in [-0.4, -0.2) is 40.0 Å². The standard InChI is InChI=1S/C29H32FN5O2S/c1-29(2,22-9-5-6-10-23(22)30)32-27(37)24-17-21-25(33-34-28(21)38-24)31-26(36)20-13-11-19(12-14-20)18-35-15-7-3-4-8-16-35/h5-6,9-14,17H,3-4,7-8,15-16,18H2,1-2H3,(H,32,37)(H2,31,33,34,36). The Morgan fingerprint density at radius 1 is 1.03 bits per heavy atom. The number of benzene rings is 2. The van der Waals surface area contributed by atoms with Crippen molar-refractivity contribution in [3.05, 3.63) is 82.0 Å². The minimum Gasteiger partial charge on any atom is -0.342 e. The molecule has 9 heteroatoms. The third kappa shape index (κ3) is 5.79. The molecule has 0 atom stereocenters. The smallest absolute Gasteiger partial charge is 0.262 e. The zero-order valence-electron chi connectivity index (χ0n) is 21.6. The van der Waals surface area contributed by atoms with Gasteiger partial charge in [-0.2, -0.15) is 5.10 Å². The van der Waals surface area contributed by atoms with Crippen molar-refractivity contribution in [1.29, 1.82) is 0 Å². The number of hydrogen-bond acceptors (Lipinski definition) is 5. The number of amides is 2. The summed E-state index contributed by atoms with van der Waals surface area (Å²) in [4.78, 5) is 29.5. The molecule has 5 rings (SSSR count). The Balaban J connectivity index is 1.25. The molecular formula is C29H32FN5O2S. The van der Waals surface area contributed by atoms with E-state index in [4.69, 9.17) is 0 Å². The number of hydrogen-bond donors (Lipinski definition) is 3. The second-order valence-electron chi connectivity index (χ2n) is 10.3. The van der Waals surface area contributed by atoms with Crippen LogP contribution in [0.4, 0.5) is 10.2 Å². The van der Waals surface area contributed by atoms with Gasteiger partial charge in [0.15, 0.2) is 5.82 Å². The molecule has 0 radical (unpaired) electrons. The number of fused-ring (bicyclic) bond motifs is 1. The lowest BCUT2D eigenvalue weighted by Gasteiger charge is -2.27. The average molecular weight is 534 g/mol. The van der Waals surface area contributed by atoms with Crippen molar-refractivity contribution in [3.63, 3.8) is 0 Å². The van der Waals surface area contributed by atoms with Crippen molar-refractivity contribution in [2.24, 2.45) is 0 Å². The number of H-pyrrole nitrogens is 1. The first-order chi connectivity index (χ1) is 18.3. The lowest BCUT2D eigenvalue weighted by Crippen LogP contribution is -2.41. The Morgan fingerprint density at radius 2 is 1.74 bits per heavy atom. The maximum Gasteiger partial charge on any atom is 0.262 e. The summed E-state index contributed by atoms with van der Waals surface area (Å²) < 4.78 is 14.3. The number of carbonyl (C=O) groups is 2. The van der Waals surface area contributed by atoms with E-state index in [1.807, 2.05) is 24.3 Å². The molecule has 0 bridgehead atoms. The van der Waals surface area contributed by atoms with Gasteiger partial charge in [0, 0.05) is 17.7 Å². The van der Waals surface area contributed by atoms with E-state index in [-0.39, 0.29) is 17.6 Å². The van der Waals surface area contributed by atoms with Gasteiger partial charge in [0.25, 0.3) is 11.8 Å². The lowest BCUT2D eigenvalue weighted by atomic mass is 9.93. The number of likely N-dealkylation sites (tertiary alicyclic amines) is 1. The minimum atomic E-state index is -0.908. The van der Waals surface area contributed by atoms with Crippen molar-refractivity contribution < 1.29 is 14.0 Å². The molecule has 38 heavy (non-hydrogen) atoms. The van der Waals surface area contributed by atoms with Crippen molar-refractivity contribution in [3.8, 4) is 0 Å². The monoisotopic (exact) mass is 533 g/mol. The van der Waals surface area contributed by atoms with Gasteiger partial charge < -0.3 is 10.6 Å². The summed E-state index contributed by atoms with van der Waals surface area (Å²) in [5.41, 5.74) is 1.23. The molecule has 1 saturated heterocycles. The maximum atomic E-state index is 14.3. The first-order valence-electron chi connectivity index (χ1n) is 13.0. The summed E-state index contributed by atoms with van der Waals surface area (Å²) in [6, 6.07) is 15.8. The van der Waals surface area contributed by atoms with E-state index in [9.17, 15) is 14.0 Å². The van der Waals surface area contributed by atoms with Crippen LogP contribution in [0.3, 0.4) is 0 Å². The van der Waals surface area contributed by atoms with E-state index in [1.54, 1.807) is 38.1 Å². The van der Waals surface area contributed by atoms with E-state index in [0.29, 0.717) is 32.0 Å². The molecule has 2 aromatic heterocycles. The van der Waals surface area contributed by atoms with Crippen LogP contribution < -0.4 is 10.6 Å². The molecule has 0 unspecified atom stereocenters. The zero-order valence-corrected chi connectivity index (χ0v) is 22.5. The highest BCUT2D eigenvalue weighted by Gasteiger charge is 2.27. The molecular weight excluding hydrogens is 501 g/mol. The first kappa shape index (κ1) is 26.1. The SMILES string of the molecule is CC(C)(NC(=O)c1cc2c(NC(=O)c3ccc(CN4CCCCCC4)cc3)n[nH]c2s1)c1ccccc1F. The molecule has 4 aromatic rings. The number of thiophene rings is 1. The van der Waals surface area contributed by atoms with Gasteiger partial charge in [-0.1, -0.05) is 43.2 Å². The fraction of sp³-hybridized carbons (Fsp3) is 0.345. The van der Waals surface area contributed by atoms with Crippen molar-refractivity contribution in [2.45, 2.75) is 51.6 Å². The van der Waals surface area contributed by atoms with Crippen molar-refractivity contribution >= 4 is 39.2 Å². The molecule has 7 nitrogen and oxygen atoms in total. The van der Waals surface area contributed by atoms with Crippen LogP contribution >= 0.6 is 11.3 Å². The number of halogens is 1. The second-order valence-corrected chi connectivity index (χ2v) is 11.4. The minimum absolute atomic E-state index is 0.266. The van der Waals surface area contributed by atoms with Crippen LogP contribution in [0, 0.1) is 5.82 Å². The summed E-state index contributed by atoms with van der Waals surface area (Å²) >= 11 is 1.23.